The second-order valence-electron chi connectivity index (χ2n) is 5.98. The van der Waals surface area contributed by atoms with Crippen molar-refractivity contribution in [3.63, 3.8) is 0 Å². The number of aromatic nitrogens is 3. The maximum absolute atomic E-state index is 5.83. The molecule has 1 aliphatic rings. The topological polar surface area (TPSA) is 68.8 Å². The Hall–Kier alpha value is -0.940. The maximum Gasteiger partial charge on any atom is 0.138 e. The molecular formula is C15H29N5. The Morgan fingerprint density at radius 2 is 2.00 bits per heavy atom. The third-order valence-electron chi connectivity index (χ3n) is 4.47. The van der Waals surface area contributed by atoms with Gasteiger partial charge in [-0.05, 0) is 25.2 Å². The van der Waals surface area contributed by atoms with Crippen LogP contribution >= 0.6 is 0 Å². The van der Waals surface area contributed by atoms with Crippen molar-refractivity contribution >= 4 is 0 Å². The molecule has 0 bridgehead atoms. The highest BCUT2D eigenvalue weighted by Crippen LogP contribution is 2.26. The number of hydrogen-bond acceptors (Lipinski definition) is 4. The van der Waals surface area contributed by atoms with Crippen molar-refractivity contribution in [2.24, 2.45) is 11.8 Å². The first-order chi connectivity index (χ1) is 9.85. The zero-order chi connectivity index (χ0) is 14.2. The number of nitrogens with zero attached hydrogens (tertiary/aromatic N) is 3. The van der Waals surface area contributed by atoms with E-state index in [0.29, 0.717) is 12.0 Å². The summed E-state index contributed by atoms with van der Waals surface area (Å²) >= 11 is 0. The van der Waals surface area contributed by atoms with Crippen molar-refractivity contribution in [2.75, 3.05) is 0 Å². The number of nitrogens with one attached hydrogen (secondary N) is 1. The fourth-order valence-electron chi connectivity index (χ4n) is 3.29. The molecule has 0 saturated heterocycles. The summed E-state index contributed by atoms with van der Waals surface area (Å²) in [6.45, 7) is 3.11. The zero-order valence-electron chi connectivity index (χ0n) is 12.7. The molecule has 1 atom stereocenters. The number of rotatable bonds is 6. The van der Waals surface area contributed by atoms with Crippen LogP contribution in [0.25, 0.3) is 0 Å². The molecule has 1 unspecified atom stereocenters. The molecule has 3 N–H and O–H groups in total. The average molecular weight is 279 g/mol. The minimum atomic E-state index is 0.327. The molecule has 1 fully saturated rings. The summed E-state index contributed by atoms with van der Waals surface area (Å²) in [5.41, 5.74) is 3.05. The van der Waals surface area contributed by atoms with Gasteiger partial charge in [0.2, 0.25) is 0 Å². The first kappa shape index (κ1) is 15.4. The predicted octanol–water partition coefficient (Wildman–Crippen LogP) is 2.42. The molecule has 0 aliphatic heterocycles. The van der Waals surface area contributed by atoms with Crippen LogP contribution in [-0.2, 0) is 13.0 Å². The van der Waals surface area contributed by atoms with Crippen LogP contribution < -0.4 is 11.3 Å². The molecule has 20 heavy (non-hydrogen) atoms. The minimum absolute atomic E-state index is 0.327. The second kappa shape index (κ2) is 8.37. The molecule has 0 amide bonds. The summed E-state index contributed by atoms with van der Waals surface area (Å²) in [6, 6.07) is 0.327. The zero-order valence-corrected chi connectivity index (χ0v) is 12.7. The summed E-state index contributed by atoms with van der Waals surface area (Å²) in [5.74, 6) is 7.57. The van der Waals surface area contributed by atoms with Crippen LogP contribution in [-0.4, -0.2) is 20.8 Å². The highest BCUT2D eigenvalue weighted by Gasteiger charge is 2.23. The van der Waals surface area contributed by atoms with Crippen molar-refractivity contribution in [1.82, 2.24) is 20.2 Å². The molecule has 0 aromatic carbocycles. The number of aryl methyl sites for hydroxylation is 1. The van der Waals surface area contributed by atoms with Crippen LogP contribution in [0.1, 0.15) is 64.1 Å². The van der Waals surface area contributed by atoms with E-state index < -0.39 is 0 Å². The van der Waals surface area contributed by atoms with E-state index in [1.165, 1.54) is 44.9 Å². The lowest BCUT2D eigenvalue weighted by Gasteiger charge is -2.28. The molecule has 1 aromatic heterocycles. The highest BCUT2D eigenvalue weighted by atomic mass is 15.3. The summed E-state index contributed by atoms with van der Waals surface area (Å²) < 4.78 is 2.02. The average Bonchev–Trinajstić information content (AvgIpc) is 2.84. The second-order valence-corrected chi connectivity index (χ2v) is 5.98. The van der Waals surface area contributed by atoms with Crippen LogP contribution in [0, 0.1) is 5.92 Å². The van der Waals surface area contributed by atoms with E-state index in [9.17, 15) is 0 Å². The van der Waals surface area contributed by atoms with E-state index in [2.05, 4.69) is 22.4 Å². The van der Waals surface area contributed by atoms with E-state index in [1.807, 2.05) is 4.68 Å². The van der Waals surface area contributed by atoms with Gasteiger partial charge in [0.15, 0.2) is 0 Å². The van der Waals surface area contributed by atoms with Gasteiger partial charge in [0.25, 0.3) is 0 Å². The van der Waals surface area contributed by atoms with Crippen LogP contribution in [0.3, 0.4) is 0 Å². The van der Waals surface area contributed by atoms with Gasteiger partial charge in [-0.2, -0.15) is 5.10 Å². The quantitative estimate of drug-likeness (QED) is 0.620. The molecule has 0 radical (unpaired) electrons. The minimum Gasteiger partial charge on any atom is -0.271 e. The molecule has 1 heterocycles. The van der Waals surface area contributed by atoms with Crippen molar-refractivity contribution in [1.29, 1.82) is 0 Å². The van der Waals surface area contributed by atoms with E-state index in [1.54, 1.807) is 6.33 Å². The van der Waals surface area contributed by atoms with Gasteiger partial charge in [-0.25, -0.2) is 4.98 Å². The number of hydrogen-bond donors (Lipinski definition) is 2. The SMILES string of the molecule is CCCn1ncnc1CC(NN)C1CCCCCCC1. The maximum atomic E-state index is 5.83. The Balaban J connectivity index is 1.97. The van der Waals surface area contributed by atoms with Gasteiger partial charge in [0.05, 0.1) is 0 Å². The van der Waals surface area contributed by atoms with Crippen molar-refractivity contribution in [3.05, 3.63) is 12.2 Å². The van der Waals surface area contributed by atoms with E-state index >= 15 is 0 Å². The molecule has 1 aromatic rings. The van der Waals surface area contributed by atoms with Gasteiger partial charge in [0, 0.05) is 19.0 Å². The van der Waals surface area contributed by atoms with E-state index in [0.717, 1.165) is 25.2 Å². The molecule has 5 nitrogen and oxygen atoms in total. The Morgan fingerprint density at radius 3 is 2.65 bits per heavy atom. The molecule has 1 saturated carbocycles. The summed E-state index contributed by atoms with van der Waals surface area (Å²) in [4.78, 5) is 4.42. The number of hydrazine groups is 1. The lowest BCUT2D eigenvalue weighted by molar-refractivity contribution is 0.280. The molecule has 1 aliphatic carbocycles. The smallest absolute Gasteiger partial charge is 0.138 e. The summed E-state index contributed by atoms with van der Waals surface area (Å²) in [7, 11) is 0. The van der Waals surface area contributed by atoms with Crippen LogP contribution in [0.15, 0.2) is 6.33 Å². The standard InChI is InChI=1S/C15H29N5/c1-2-10-20-15(17-12-18-20)11-14(19-16)13-8-6-4-3-5-7-9-13/h12-14,19H,2-11,16H2,1H3. The summed E-state index contributed by atoms with van der Waals surface area (Å²) in [5, 5.41) is 4.31. The highest BCUT2D eigenvalue weighted by molar-refractivity contribution is 4.92. The largest absolute Gasteiger partial charge is 0.271 e. The fraction of sp³-hybridized carbons (Fsp3) is 0.867. The normalized spacial score (nSPS) is 19.5. The van der Waals surface area contributed by atoms with Gasteiger partial charge in [-0.15, -0.1) is 0 Å². The summed E-state index contributed by atoms with van der Waals surface area (Å²) in [6.07, 6.45) is 13.0. The lowest BCUT2D eigenvalue weighted by Crippen LogP contribution is -2.43. The van der Waals surface area contributed by atoms with Gasteiger partial charge in [0.1, 0.15) is 12.2 Å². The van der Waals surface area contributed by atoms with E-state index in [-0.39, 0.29) is 0 Å². The molecular weight excluding hydrogens is 250 g/mol. The molecule has 0 spiro atoms. The first-order valence-corrected chi connectivity index (χ1v) is 8.18. The van der Waals surface area contributed by atoms with Crippen LogP contribution in [0.2, 0.25) is 0 Å². The van der Waals surface area contributed by atoms with Crippen LogP contribution in [0.4, 0.5) is 0 Å². The monoisotopic (exact) mass is 279 g/mol. The van der Waals surface area contributed by atoms with Gasteiger partial charge in [-0.1, -0.05) is 39.0 Å². The first-order valence-electron chi connectivity index (χ1n) is 8.18. The van der Waals surface area contributed by atoms with Crippen LogP contribution in [0.5, 0.6) is 0 Å². The van der Waals surface area contributed by atoms with Crippen molar-refractivity contribution in [3.8, 4) is 0 Å². The third kappa shape index (κ3) is 4.28. The Morgan fingerprint density at radius 1 is 1.30 bits per heavy atom. The van der Waals surface area contributed by atoms with Gasteiger partial charge >= 0.3 is 0 Å². The Labute approximate surface area is 122 Å². The molecule has 2 rings (SSSR count). The third-order valence-corrected chi connectivity index (χ3v) is 4.47. The predicted molar refractivity (Wildman–Crippen MR) is 80.9 cm³/mol. The Bertz CT molecular complexity index is 368. The van der Waals surface area contributed by atoms with Crippen molar-refractivity contribution in [2.45, 2.75) is 77.3 Å². The van der Waals surface area contributed by atoms with Crippen molar-refractivity contribution < 1.29 is 0 Å². The number of nitrogens with two attached hydrogens (primary N) is 1. The fourth-order valence-corrected chi connectivity index (χ4v) is 3.29. The van der Waals surface area contributed by atoms with Gasteiger partial charge < -0.3 is 0 Å². The molecule has 114 valence electrons. The molecule has 5 heteroatoms. The lowest BCUT2D eigenvalue weighted by atomic mass is 9.84. The Kier molecular flexibility index (Phi) is 6.47. The van der Waals surface area contributed by atoms with Gasteiger partial charge in [-0.3, -0.25) is 16.0 Å². The van der Waals surface area contributed by atoms with E-state index in [4.69, 9.17) is 5.84 Å².